The van der Waals surface area contributed by atoms with Crippen molar-refractivity contribution in [1.82, 2.24) is 4.90 Å². The first-order valence-electron chi connectivity index (χ1n) is 4.35. The van der Waals surface area contributed by atoms with Gasteiger partial charge in [0, 0.05) is 18.5 Å². The van der Waals surface area contributed by atoms with Crippen LogP contribution in [-0.2, 0) is 4.79 Å². The molecule has 1 fully saturated rings. The Labute approximate surface area is 72.6 Å². The third kappa shape index (κ3) is 0.986. The molecule has 0 unspecified atom stereocenters. The topological polar surface area (TPSA) is 20.3 Å². The van der Waals surface area contributed by atoms with Gasteiger partial charge in [-0.15, -0.1) is 0 Å². The lowest BCUT2D eigenvalue weighted by atomic mass is 9.79. The molecule has 1 aliphatic heterocycles. The molecule has 2 rings (SSSR count). The van der Waals surface area contributed by atoms with Crippen LogP contribution in [0, 0.1) is 5.41 Å². The minimum Gasteiger partial charge on any atom is -0.337 e. The van der Waals surface area contributed by atoms with Gasteiger partial charge in [0.25, 0.3) is 0 Å². The third-order valence-electron chi connectivity index (χ3n) is 2.78. The highest BCUT2D eigenvalue weighted by Crippen LogP contribution is 2.40. The first-order chi connectivity index (χ1) is 5.76. The Morgan fingerprint density at radius 1 is 1.58 bits per heavy atom. The maximum absolute atomic E-state index is 11.1. The van der Waals surface area contributed by atoms with Crippen LogP contribution in [0.2, 0.25) is 0 Å². The maximum Gasteiger partial charge on any atom is 0.246 e. The van der Waals surface area contributed by atoms with Crippen LogP contribution in [0.5, 0.6) is 0 Å². The molecule has 0 bridgehead atoms. The summed E-state index contributed by atoms with van der Waals surface area (Å²) in [5.74, 6) is 0.0703. The van der Waals surface area contributed by atoms with Crippen LogP contribution in [0.3, 0.4) is 0 Å². The zero-order valence-electron chi connectivity index (χ0n) is 7.12. The highest BCUT2D eigenvalue weighted by molar-refractivity contribution is 5.87. The molecule has 2 heteroatoms. The van der Waals surface area contributed by atoms with Gasteiger partial charge in [-0.05, 0) is 18.9 Å². The standard InChI is InChI=1S/C10H13NO/c1-2-9(12)11-7-10(8-11)5-3-4-6-10/h2-3,5H,1,4,6-8H2. The van der Waals surface area contributed by atoms with Crippen LogP contribution in [0.1, 0.15) is 12.8 Å². The summed E-state index contributed by atoms with van der Waals surface area (Å²) in [5, 5.41) is 0. The molecule has 0 aromatic rings. The normalized spacial score (nSPS) is 24.2. The summed E-state index contributed by atoms with van der Waals surface area (Å²) in [7, 11) is 0. The van der Waals surface area contributed by atoms with Crippen molar-refractivity contribution in [3.63, 3.8) is 0 Å². The van der Waals surface area contributed by atoms with Crippen molar-refractivity contribution in [2.45, 2.75) is 12.8 Å². The van der Waals surface area contributed by atoms with Crippen LogP contribution < -0.4 is 0 Å². The molecule has 0 radical (unpaired) electrons. The second-order valence-corrected chi connectivity index (χ2v) is 3.70. The molecule has 64 valence electrons. The molecule has 1 heterocycles. The predicted molar refractivity (Wildman–Crippen MR) is 47.6 cm³/mol. The monoisotopic (exact) mass is 163 g/mol. The van der Waals surface area contributed by atoms with Gasteiger partial charge in [0.2, 0.25) is 5.91 Å². The van der Waals surface area contributed by atoms with Crippen LogP contribution in [0.15, 0.2) is 24.8 Å². The molecule has 1 saturated heterocycles. The van der Waals surface area contributed by atoms with Gasteiger partial charge in [-0.3, -0.25) is 4.79 Å². The fraction of sp³-hybridized carbons (Fsp3) is 0.500. The highest BCUT2D eigenvalue weighted by Gasteiger charge is 2.43. The lowest BCUT2D eigenvalue weighted by Crippen LogP contribution is -2.56. The Bertz CT molecular complexity index is 249. The fourth-order valence-corrected chi connectivity index (χ4v) is 2.05. The molecule has 0 saturated carbocycles. The number of hydrogen-bond acceptors (Lipinski definition) is 1. The van der Waals surface area contributed by atoms with E-state index in [1.807, 2.05) is 4.90 Å². The highest BCUT2D eigenvalue weighted by atomic mass is 16.2. The number of carbonyl (C=O) groups is 1. The maximum atomic E-state index is 11.1. The third-order valence-corrected chi connectivity index (χ3v) is 2.78. The van der Waals surface area contributed by atoms with Crippen molar-refractivity contribution in [1.29, 1.82) is 0 Å². The van der Waals surface area contributed by atoms with Crippen LogP contribution >= 0.6 is 0 Å². The summed E-state index contributed by atoms with van der Waals surface area (Å²) in [6.45, 7) is 5.26. The lowest BCUT2D eigenvalue weighted by Gasteiger charge is -2.46. The second-order valence-electron chi connectivity index (χ2n) is 3.70. The molecule has 1 spiro atoms. The molecule has 2 aliphatic rings. The van der Waals surface area contributed by atoms with Crippen molar-refractivity contribution < 1.29 is 4.79 Å². The quantitative estimate of drug-likeness (QED) is 0.422. The van der Waals surface area contributed by atoms with Gasteiger partial charge >= 0.3 is 0 Å². The molecule has 0 N–H and O–H groups in total. The summed E-state index contributed by atoms with van der Waals surface area (Å²) in [4.78, 5) is 13.0. The average molecular weight is 163 g/mol. The zero-order valence-corrected chi connectivity index (χ0v) is 7.12. The van der Waals surface area contributed by atoms with Gasteiger partial charge in [-0.25, -0.2) is 0 Å². The number of hydrogen-bond donors (Lipinski definition) is 0. The van der Waals surface area contributed by atoms with Crippen molar-refractivity contribution in [2.75, 3.05) is 13.1 Å². The van der Waals surface area contributed by atoms with E-state index in [1.165, 1.54) is 18.9 Å². The number of rotatable bonds is 1. The molecule has 1 amide bonds. The van der Waals surface area contributed by atoms with E-state index in [2.05, 4.69) is 18.7 Å². The van der Waals surface area contributed by atoms with Gasteiger partial charge in [-0.2, -0.15) is 0 Å². The summed E-state index contributed by atoms with van der Waals surface area (Å²) in [6, 6.07) is 0. The van der Waals surface area contributed by atoms with E-state index in [1.54, 1.807) is 0 Å². The zero-order chi connectivity index (χ0) is 8.60. The van der Waals surface area contributed by atoms with Gasteiger partial charge in [-0.1, -0.05) is 18.7 Å². The molecule has 0 aromatic heterocycles. The van der Waals surface area contributed by atoms with E-state index in [9.17, 15) is 4.79 Å². The summed E-state index contributed by atoms with van der Waals surface area (Å²) >= 11 is 0. The largest absolute Gasteiger partial charge is 0.337 e. The van der Waals surface area contributed by atoms with Crippen LogP contribution in [-0.4, -0.2) is 23.9 Å². The number of carbonyl (C=O) groups excluding carboxylic acids is 1. The average Bonchev–Trinajstić information content (AvgIpc) is 2.48. The Morgan fingerprint density at radius 3 is 2.83 bits per heavy atom. The fourth-order valence-electron chi connectivity index (χ4n) is 2.05. The number of likely N-dealkylation sites (tertiary alicyclic amines) is 1. The first-order valence-corrected chi connectivity index (χ1v) is 4.35. The Morgan fingerprint density at radius 2 is 2.33 bits per heavy atom. The summed E-state index contributed by atoms with van der Waals surface area (Å²) in [6.07, 6.45) is 8.27. The van der Waals surface area contributed by atoms with E-state index < -0.39 is 0 Å². The Kier molecular flexibility index (Phi) is 1.56. The molecular weight excluding hydrogens is 150 g/mol. The Hall–Kier alpha value is -1.05. The van der Waals surface area contributed by atoms with Gasteiger partial charge in [0.1, 0.15) is 0 Å². The lowest BCUT2D eigenvalue weighted by molar-refractivity contribution is -0.135. The van der Waals surface area contributed by atoms with Crippen molar-refractivity contribution in [3.8, 4) is 0 Å². The number of amides is 1. The molecule has 0 aromatic carbocycles. The molecule has 1 aliphatic carbocycles. The smallest absolute Gasteiger partial charge is 0.246 e. The van der Waals surface area contributed by atoms with E-state index in [0.717, 1.165) is 13.1 Å². The van der Waals surface area contributed by atoms with Crippen LogP contribution in [0.4, 0.5) is 0 Å². The second kappa shape index (κ2) is 2.47. The van der Waals surface area contributed by atoms with E-state index in [-0.39, 0.29) is 5.91 Å². The van der Waals surface area contributed by atoms with Gasteiger partial charge < -0.3 is 4.90 Å². The minimum atomic E-state index is 0.0703. The minimum absolute atomic E-state index is 0.0703. The van der Waals surface area contributed by atoms with E-state index in [0.29, 0.717) is 5.41 Å². The molecular formula is C10H13NO. The van der Waals surface area contributed by atoms with Gasteiger partial charge in [0.15, 0.2) is 0 Å². The molecule has 0 atom stereocenters. The van der Waals surface area contributed by atoms with Crippen LogP contribution in [0.25, 0.3) is 0 Å². The predicted octanol–water partition coefficient (Wildman–Crippen LogP) is 1.35. The molecule has 12 heavy (non-hydrogen) atoms. The summed E-state index contributed by atoms with van der Waals surface area (Å²) < 4.78 is 0. The number of allylic oxidation sites excluding steroid dienone is 1. The Balaban J connectivity index is 1.94. The van der Waals surface area contributed by atoms with Gasteiger partial charge in [0.05, 0.1) is 0 Å². The van der Waals surface area contributed by atoms with Crippen molar-refractivity contribution >= 4 is 5.91 Å². The van der Waals surface area contributed by atoms with E-state index in [4.69, 9.17) is 0 Å². The van der Waals surface area contributed by atoms with Crippen molar-refractivity contribution in [3.05, 3.63) is 24.8 Å². The molecule has 2 nitrogen and oxygen atoms in total. The summed E-state index contributed by atoms with van der Waals surface area (Å²) in [5.41, 5.74) is 0.346. The first kappa shape index (κ1) is 7.59. The number of nitrogens with zero attached hydrogens (tertiary/aromatic N) is 1. The van der Waals surface area contributed by atoms with Crippen molar-refractivity contribution in [2.24, 2.45) is 5.41 Å². The SMILES string of the molecule is C=CC(=O)N1CC2(C=CCC2)C1. The van der Waals surface area contributed by atoms with E-state index >= 15 is 0 Å².